The van der Waals surface area contributed by atoms with Gasteiger partial charge in [0.25, 0.3) is 0 Å². The van der Waals surface area contributed by atoms with Crippen LogP contribution in [0.5, 0.6) is 0 Å². The average molecular weight is 208 g/mol. The van der Waals surface area contributed by atoms with E-state index in [1.54, 1.807) is 6.20 Å². The second-order valence-corrected chi connectivity index (χ2v) is 4.00. The summed E-state index contributed by atoms with van der Waals surface area (Å²) < 4.78 is 0. The van der Waals surface area contributed by atoms with E-state index >= 15 is 0 Å². The summed E-state index contributed by atoms with van der Waals surface area (Å²) in [5, 5.41) is 12.7. The summed E-state index contributed by atoms with van der Waals surface area (Å²) in [5.41, 5.74) is 0.925. The van der Waals surface area contributed by atoms with Gasteiger partial charge in [0.1, 0.15) is 0 Å². The van der Waals surface area contributed by atoms with Gasteiger partial charge in [0.15, 0.2) is 0 Å². The van der Waals surface area contributed by atoms with E-state index in [1.165, 1.54) is 0 Å². The Labute approximate surface area is 88.6 Å². The highest BCUT2D eigenvalue weighted by molar-refractivity contribution is 5.82. The van der Waals surface area contributed by atoms with E-state index in [0.717, 1.165) is 18.7 Å². The molecule has 2 atom stereocenters. The first-order chi connectivity index (χ1) is 7.27. The minimum atomic E-state index is -0.0343. The Balaban J connectivity index is 1.82. The molecule has 3 N–H and O–H groups in total. The van der Waals surface area contributed by atoms with Crippen LogP contribution in [0.25, 0.3) is 0 Å². The first-order valence-electron chi connectivity index (χ1n) is 5.26. The number of aromatic nitrogens is 2. The molecule has 5 heteroatoms. The molecule has 82 valence electrons. The van der Waals surface area contributed by atoms with Gasteiger partial charge in [-0.25, -0.2) is 0 Å². The summed E-state index contributed by atoms with van der Waals surface area (Å²) in [6.07, 6.45) is 2.75. The number of aromatic amines is 1. The lowest BCUT2D eigenvalue weighted by Gasteiger charge is -2.14. The van der Waals surface area contributed by atoms with E-state index in [1.807, 2.05) is 6.07 Å². The van der Waals surface area contributed by atoms with Crippen molar-refractivity contribution in [2.24, 2.45) is 5.92 Å². The standard InChI is InChI=1S/C10H16N4O/c1-7-2-4-11-9(7)10(15)12-6-8-3-5-13-14-8/h3,5,7,9,11H,2,4,6H2,1H3,(H,12,15)(H,13,14). The van der Waals surface area contributed by atoms with E-state index in [-0.39, 0.29) is 11.9 Å². The normalized spacial score (nSPS) is 25.4. The summed E-state index contributed by atoms with van der Waals surface area (Å²) in [4.78, 5) is 11.7. The second-order valence-electron chi connectivity index (χ2n) is 4.00. The summed E-state index contributed by atoms with van der Waals surface area (Å²) in [7, 11) is 0. The van der Waals surface area contributed by atoms with Crippen LogP contribution in [-0.2, 0) is 11.3 Å². The van der Waals surface area contributed by atoms with Gasteiger partial charge in [-0.2, -0.15) is 5.10 Å². The molecule has 2 heterocycles. The lowest BCUT2D eigenvalue weighted by molar-refractivity contribution is -0.123. The Bertz CT molecular complexity index is 322. The predicted molar refractivity (Wildman–Crippen MR) is 56.0 cm³/mol. The molecule has 0 aromatic carbocycles. The molecule has 15 heavy (non-hydrogen) atoms. The fraction of sp³-hybridized carbons (Fsp3) is 0.600. The van der Waals surface area contributed by atoms with E-state index in [0.29, 0.717) is 12.5 Å². The number of nitrogens with zero attached hydrogens (tertiary/aromatic N) is 1. The van der Waals surface area contributed by atoms with Crippen LogP contribution in [0.15, 0.2) is 12.3 Å². The third-order valence-electron chi connectivity index (χ3n) is 2.83. The molecular formula is C10H16N4O. The Morgan fingerprint density at radius 2 is 2.60 bits per heavy atom. The molecular weight excluding hydrogens is 192 g/mol. The van der Waals surface area contributed by atoms with Gasteiger partial charge in [-0.3, -0.25) is 9.89 Å². The molecule has 0 bridgehead atoms. The largest absolute Gasteiger partial charge is 0.349 e. The fourth-order valence-electron chi connectivity index (χ4n) is 1.86. The van der Waals surface area contributed by atoms with E-state index in [2.05, 4.69) is 27.8 Å². The molecule has 2 rings (SSSR count). The molecule has 1 fully saturated rings. The number of nitrogens with one attached hydrogen (secondary N) is 3. The van der Waals surface area contributed by atoms with Crippen LogP contribution in [-0.4, -0.2) is 28.7 Å². The smallest absolute Gasteiger partial charge is 0.237 e. The van der Waals surface area contributed by atoms with Crippen LogP contribution < -0.4 is 10.6 Å². The van der Waals surface area contributed by atoms with Crippen molar-refractivity contribution < 1.29 is 4.79 Å². The van der Waals surface area contributed by atoms with Gasteiger partial charge in [0, 0.05) is 6.20 Å². The average Bonchev–Trinajstić information content (AvgIpc) is 2.84. The first kappa shape index (κ1) is 10.2. The van der Waals surface area contributed by atoms with Crippen molar-refractivity contribution in [3.05, 3.63) is 18.0 Å². The third-order valence-corrected chi connectivity index (χ3v) is 2.83. The summed E-state index contributed by atoms with van der Waals surface area (Å²) in [5.74, 6) is 0.501. The van der Waals surface area contributed by atoms with Crippen molar-refractivity contribution in [3.8, 4) is 0 Å². The van der Waals surface area contributed by atoms with Gasteiger partial charge in [-0.05, 0) is 24.9 Å². The molecule has 1 aliphatic rings. The molecule has 0 saturated carbocycles. The Morgan fingerprint density at radius 1 is 1.73 bits per heavy atom. The van der Waals surface area contributed by atoms with Crippen LogP contribution in [0.3, 0.4) is 0 Å². The highest BCUT2D eigenvalue weighted by Crippen LogP contribution is 2.14. The molecule has 0 aliphatic carbocycles. The zero-order chi connectivity index (χ0) is 10.7. The van der Waals surface area contributed by atoms with Crippen LogP contribution in [0.4, 0.5) is 0 Å². The number of hydrogen-bond donors (Lipinski definition) is 3. The second kappa shape index (κ2) is 4.44. The molecule has 1 saturated heterocycles. The van der Waals surface area contributed by atoms with E-state index in [4.69, 9.17) is 0 Å². The van der Waals surface area contributed by atoms with Gasteiger partial charge in [0.05, 0.1) is 18.3 Å². The maximum atomic E-state index is 11.7. The van der Waals surface area contributed by atoms with Gasteiger partial charge in [0.2, 0.25) is 5.91 Å². The molecule has 5 nitrogen and oxygen atoms in total. The topological polar surface area (TPSA) is 69.8 Å². The Hall–Kier alpha value is -1.36. The van der Waals surface area contributed by atoms with E-state index < -0.39 is 0 Å². The summed E-state index contributed by atoms with van der Waals surface area (Å²) in [6, 6.07) is 1.82. The molecule has 0 spiro atoms. The van der Waals surface area contributed by atoms with Crippen molar-refractivity contribution in [3.63, 3.8) is 0 Å². The minimum Gasteiger partial charge on any atom is -0.349 e. The van der Waals surface area contributed by atoms with Crippen LogP contribution in [0.1, 0.15) is 19.0 Å². The predicted octanol–water partition coefficient (Wildman–Crippen LogP) is 0.0239. The molecule has 1 amide bonds. The SMILES string of the molecule is CC1CCNC1C(=O)NCc1ccn[nH]1. The van der Waals surface area contributed by atoms with Crippen LogP contribution in [0.2, 0.25) is 0 Å². The van der Waals surface area contributed by atoms with E-state index in [9.17, 15) is 4.79 Å². The number of H-pyrrole nitrogens is 1. The number of carbonyl (C=O) groups is 1. The lowest BCUT2D eigenvalue weighted by Crippen LogP contribution is -2.42. The van der Waals surface area contributed by atoms with Gasteiger partial charge >= 0.3 is 0 Å². The molecule has 2 unspecified atom stereocenters. The van der Waals surface area contributed by atoms with Crippen LogP contribution >= 0.6 is 0 Å². The number of carbonyl (C=O) groups excluding carboxylic acids is 1. The van der Waals surface area contributed by atoms with Gasteiger partial charge < -0.3 is 10.6 Å². The number of amides is 1. The number of hydrogen-bond acceptors (Lipinski definition) is 3. The highest BCUT2D eigenvalue weighted by Gasteiger charge is 2.28. The maximum absolute atomic E-state index is 11.7. The molecule has 0 radical (unpaired) electrons. The monoisotopic (exact) mass is 208 g/mol. The zero-order valence-electron chi connectivity index (χ0n) is 8.79. The third kappa shape index (κ3) is 2.36. The number of rotatable bonds is 3. The fourth-order valence-corrected chi connectivity index (χ4v) is 1.86. The summed E-state index contributed by atoms with van der Waals surface area (Å²) >= 11 is 0. The minimum absolute atomic E-state index is 0.0343. The quantitative estimate of drug-likeness (QED) is 0.656. The van der Waals surface area contributed by atoms with Crippen molar-refractivity contribution in [2.75, 3.05) is 6.54 Å². The maximum Gasteiger partial charge on any atom is 0.237 e. The van der Waals surface area contributed by atoms with Crippen molar-refractivity contribution >= 4 is 5.91 Å². The zero-order valence-corrected chi connectivity index (χ0v) is 8.79. The summed E-state index contributed by atoms with van der Waals surface area (Å²) in [6.45, 7) is 3.55. The Morgan fingerprint density at radius 3 is 3.20 bits per heavy atom. The van der Waals surface area contributed by atoms with Crippen molar-refractivity contribution in [2.45, 2.75) is 25.9 Å². The highest BCUT2D eigenvalue weighted by atomic mass is 16.2. The molecule has 1 aliphatic heterocycles. The molecule has 1 aromatic heterocycles. The molecule has 1 aromatic rings. The van der Waals surface area contributed by atoms with Crippen molar-refractivity contribution in [1.29, 1.82) is 0 Å². The first-order valence-corrected chi connectivity index (χ1v) is 5.26. The van der Waals surface area contributed by atoms with Gasteiger partial charge in [-0.15, -0.1) is 0 Å². The lowest BCUT2D eigenvalue weighted by atomic mass is 10.0. The Kier molecular flexibility index (Phi) is 3.01. The van der Waals surface area contributed by atoms with Gasteiger partial charge in [-0.1, -0.05) is 6.92 Å². The van der Waals surface area contributed by atoms with Crippen molar-refractivity contribution in [1.82, 2.24) is 20.8 Å². The van der Waals surface area contributed by atoms with Crippen LogP contribution in [0, 0.1) is 5.92 Å².